The summed E-state index contributed by atoms with van der Waals surface area (Å²) in [4.78, 5) is 19.2. The number of nitrogens with one attached hydrogen (secondary N) is 1. The number of aryl methyl sites for hydroxylation is 2. The highest BCUT2D eigenvalue weighted by Gasteiger charge is 2.27. The molecule has 0 radical (unpaired) electrons. The Kier molecular flexibility index (Phi) is 5.27. The summed E-state index contributed by atoms with van der Waals surface area (Å²) >= 11 is 0. The number of amides is 2. The Morgan fingerprint density at radius 2 is 1.93 bits per heavy atom. The lowest BCUT2D eigenvalue weighted by molar-refractivity contribution is 0.0524. The van der Waals surface area contributed by atoms with Crippen molar-refractivity contribution in [3.05, 3.63) is 18.0 Å². The van der Waals surface area contributed by atoms with Crippen LogP contribution >= 0.6 is 0 Å². The number of fused-ring (bicyclic) bond motifs is 1. The van der Waals surface area contributed by atoms with E-state index in [4.69, 9.17) is 9.47 Å². The Labute approximate surface area is 158 Å². The van der Waals surface area contributed by atoms with Crippen molar-refractivity contribution < 1.29 is 14.3 Å². The van der Waals surface area contributed by atoms with Crippen LogP contribution in [0.25, 0.3) is 11.0 Å². The summed E-state index contributed by atoms with van der Waals surface area (Å²) in [5.41, 5.74) is 2.38. The fourth-order valence-corrected chi connectivity index (χ4v) is 3.89. The number of urea groups is 1. The van der Waals surface area contributed by atoms with Crippen LogP contribution in [0.2, 0.25) is 0 Å². The lowest BCUT2D eigenvalue weighted by Crippen LogP contribution is -2.44. The molecule has 146 valence electrons. The summed E-state index contributed by atoms with van der Waals surface area (Å²) in [5.74, 6) is 0. The highest BCUT2D eigenvalue weighted by Crippen LogP contribution is 2.21. The highest BCUT2D eigenvalue weighted by atomic mass is 16.5. The van der Waals surface area contributed by atoms with Gasteiger partial charge in [-0.15, -0.1) is 0 Å². The van der Waals surface area contributed by atoms with E-state index in [1.165, 1.54) is 0 Å². The largest absolute Gasteiger partial charge is 0.376 e. The molecule has 0 bridgehead atoms. The Hall–Kier alpha value is -2.19. The number of rotatable bonds is 5. The van der Waals surface area contributed by atoms with Gasteiger partial charge in [-0.05, 0) is 38.7 Å². The monoisotopic (exact) mass is 373 g/mol. The second-order valence-corrected chi connectivity index (χ2v) is 7.41. The van der Waals surface area contributed by atoms with Crippen molar-refractivity contribution in [2.75, 3.05) is 31.6 Å². The van der Waals surface area contributed by atoms with Crippen LogP contribution in [-0.2, 0) is 16.5 Å². The van der Waals surface area contributed by atoms with Gasteiger partial charge in [-0.1, -0.05) is 0 Å². The fraction of sp³-hybridized carbons (Fsp3) is 0.632. The summed E-state index contributed by atoms with van der Waals surface area (Å²) in [6.45, 7) is 4.68. The van der Waals surface area contributed by atoms with Crippen LogP contribution < -0.4 is 5.32 Å². The van der Waals surface area contributed by atoms with Crippen molar-refractivity contribution in [1.29, 1.82) is 0 Å². The van der Waals surface area contributed by atoms with E-state index >= 15 is 0 Å². The first-order valence-corrected chi connectivity index (χ1v) is 9.68. The average molecular weight is 373 g/mol. The third-order valence-corrected chi connectivity index (χ3v) is 5.30. The number of hydrogen-bond acceptors (Lipinski definition) is 5. The Balaban J connectivity index is 1.48. The summed E-state index contributed by atoms with van der Waals surface area (Å²) in [5, 5.41) is 8.32. The Morgan fingerprint density at radius 1 is 1.26 bits per heavy atom. The number of anilines is 1. The minimum absolute atomic E-state index is 0.110. The molecule has 2 aromatic rings. The van der Waals surface area contributed by atoms with Crippen molar-refractivity contribution in [3.63, 3.8) is 0 Å². The first-order chi connectivity index (χ1) is 13.1. The van der Waals surface area contributed by atoms with Gasteiger partial charge in [0, 0.05) is 38.7 Å². The maximum atomic E-state index is 13.0. The second-order valence-electron chi connectivity index (χ2n) is 7.41. The van der Waals surface area contributed by atoms with E-state index < -0.39 is 0 Å². The van der Waals surface area contributed by atoms with Gasteiger partial charge in [-0.2, -0.15) is 5.10 Å². The quantitative estimate of drug-likeness (QED) is 0.871. The maximum Gasteiger partial charge on any atom is 0.322 e. The molecule has 27 heavy (non-hydrogen) atoms. The molecule has 2 aromatic heterocycles. The van der Waals surface area contributed by atoms with Crippen LogP contribution in [0.15, 0.2) is 12.3 Å². The van der Waals surface area contributed by atoms with Gasteiger partial charge in [0.15, 0.2) is 5.65 Å². The Bertz CT molecular complexity index is 791. The van der Waals surface area contributed by atoms with Crippen molar-refractivity contribution >= 4 is 22.8 Å². The normalized spacial score (nSPS) is 22.4. The van der Waals surface area contributed by atoms with E-state index in [1.54, 1.807) is 10.9 Å². The molecule has 2 unspecified atom stereocenters. The van der Waals surface area contributed by atoms with E-state index in [2.05, 4.69) is 15.4 Å². The van der Waals surface area contributed by atoms with Crippen molar-refractivity contribution in [3.8, 4) is 0 Å². The number of ether oxygens (including phenoxy) is 2. The molecule has 2 saturated heterocycles. The molecule has 2 fully saturated rings. The van der Waals surface area contributed by atoms with Gasteiger partial charge in [0.05, 0.1) is 29.8 Å². The number of carbonyl (C=O) groups excluding carboxylic acids is 1. The summed E-state index contributed by atoms with van der Waals surface area (Å²) in [7, 11) is 1.87. The van der Waals surface area contributed by atoms with E-state index in [0.29, 0.717) is 18.8 Å². The van der Waals surface area contributed by atoms with Crippen molar-refractivity contribution in [2.24, 2.45) is 7.05 Å². The molecule has 0 saturated carbocycles. The summed E-state index contributed by atoms with van der Waals surface area (Å²) in [6, 6.07) is 1.79. The van der Waals surface area contributed by atoms with E-state index in [1.807, 2.05) is 24.9 Å². The molecule has 2 aliphatic heterocycles. The summed E-state index contributed by atoms with van der Waals surface area (Å²) in [6.07, 6.45) is 6.01. The molecule has 2 aliphatic rings. The predicted octanol–water partition coefficient (Wildman–Crippen LogP) is 2.47. The molecule has 1 N–H and O–H groups in total. The molecular weight excluding hydrogens is 346 g/mol. The van der Waals surface area contributed by atoms with E-state index in [0.717, 1.165) is 55.6 Å². The fourth-order valence-electron chi connectivity index (χ4n) is 3.89. The Morgan fingerprint density at radius 3 is 2.52 bits per heavy atom. The number of carbonyl (C=O) groups is 1. The number of nitrogens with zero attached hydrogens (tertiary/aromatic N) is 4. The zero-order valence-electron chi connectivity index (χ0n) is 16.0. The lowest BCUT2D eigenvalue weighted by Gasteiger charge is -2.28. The second kappa shape index (κ2) is 7.82. The molecule has 8 heteroatoms. The van der Waals surface area contributed by atoms with Crippen molar-refractivity contribution in [2.45, 2.75) is 44.8 Å². The SMILES string of the molecule is Cc1nn(C)c2ncc(NC(=O)N(CC3CCCO3)CC3CCCO3)cc12. The van der Waals surface area contributed by atoms with Crippen molar-refractivity contribution in [1.82, 2.24) is 19.7 Å². The molecule has 2 amide bonds. The maximum absolute atomic E-state index is 13.0. The van der Waals surface area contributed by atoms with Crippen LogP contribution in [0.1, 0.15) is 31.4 Å². The molecule has 4 rings (SSSR count). The minimum Gasteiger partial charge on any atom is -0.376 e. The predicted molar refractivity (Wildman–Crippen MR) is 102 cm³/mol. The van der Waals surface area contributed by atoms with Gasteiger partial charge >= 0.3 is 6.03 Å². The number of pyridine rings is 1. The highest BCUT2D eigenvalue weighted by molar-refractivity contribution is 5.92. The number of aromatic nitrogens is 3. The lowest BCUT2D eigenvalue weighted by atomic mass is 10.2. The van der Waals surface area contributed by atoms with E-state index in [9.17, 15) is 4.79 Å². The molecule has 8 nitrogen and oxygen atoms in total. The zero-order valence-corrected chi connectivity index (χ0v) is 16.0. The molecule has 4 heterocycles. The molecule has 0 aliphatic carbocycles. The minimum atomic E-state index is -0.135. The summed E-state index contributed by atoms with van der Waals surface area (Å²) < 4.78 is 13.2. The van der Waals surface area contributed by atoms with Gasteiger partial charge in [0.1, 0.15) is 0 Å². The van der Waals surface area contributed by atoms with E-state index in [-0.39, 0.29) is 18.2 Å². The van der Waals surface area contributed by atoms with Gasteiger partial charge in [-0.25, -0.2) is 9.78 Å². The van der Waals surface area contributed by atoms with Crippen LogP contribution in [0.4, 0.5) is 10.5 Å². The molecule has 0 aromatic carbocycles. The van der Waals surface area contributed by atoms with Gasteiger partial charge < -0.3 is 19.7 Å². The van der Waals surface area contributed by atoms with Gasteiger partial charge in [-0.3, -0.25) is 4.68 Å². The van der Waals surface area contributed by atoms with Crippen LogP contribution in [0.5, 0.6) is 0 Å². The number of hydrogen-bond donors (Lipinski definition) is 1. The van der Waals surface area contributed by atoms with Gasteiger partial charge in [0.25, 0.3) is 0 Å². The van der Waals surface area contributed by atoms with Crippen LogP contribution in [-0.4, -0.2) is 64.2 Å². The smallest absolute Gasteiger partial charge is 0.322 e. The average Bonchev–Trinajstić information content (AvgIpc) is 3.39. The zero-order chi connectivity index (χ0) is 18.8. The molecule has 2 atom stereocenters. The van der Waals surface area contributed by atoms with Crippen LogP contribution in [0, 0.1) is 6.92 Å². The first kappa shape index (κ1) is 18.2. The molecular formula is C19H27N5O3. The first-order valence-electron chi connectivity index (χ1n) is 9.68. The van der Waals surface area contributed by atoms with Crippen LogP contribution in [0.3, 0.4) is 0 Å². The van der Waals surface area contributed by atoms with Gasteiger partial charge in [0.2, 0.25) is 0 Å². The standard InChI is InChI=1S/C19H27N5O3/c1-13-17-9-14(10-20-18(17)23(2)22-13)21-19(25)24(11-15-5-3-7-26-15)12-16-6-4-8-27-16/h9-10,15-16H,3-8,11-12H2,1-2H3,(H,21,25). The third-order valence-electron chi connectivity index (χ3n) is 5.30. The third kappa shape index (κ3) is 4.06. The molecule has 0 spiro atoms. The topological polar surface area (TPSA) is 81.5 Å².